The number of nitrogens with two attached hydrogens (primary N) is 1. The molecule has 0 radical (unpaired) electrons. The maximum absolute atomic E-state index is 12.3. The molecule has 0 bridgehead atoms. The predicted octanol–water partition coefficient (Wildman–Crippen LogP) is 0.581. The molecule has 11 nitrogen and oxygen atoms in total. The lowest BCUT2D eigenvalue weighted by atomic mass is 10.1. The number of nitrogens with zero attached hydrogens (tertiary/aromatic N) is 4. The van der Waals surface area contributed by atoms with Crippen LogP contribution in [0.2, 0.25) is 0 Å². The minimum atomic E-state index is -0.735. The fraction of sp³-hybridized carbons (Fsp3) is 0.526. The molecule has 30 heavy (non-hydrogen) atoms. The molecule has 158 valence electrons. The molecule has 1 aliphatic carbocycles. The van der Waals surface area contributed by atoms with Crippen LogP contribution in [0.25, 0.3) is 0 Å². The van der Waals surface area contributed by atoms with Crippen LogP contribution in [-0.4, -0.2) is 62.3 Å². The lowest BCUT2D eigenvalue weighted by Gasteiger charge is -2.26. The molecular weight excluding hydrogens is 394 g/mol. The first-order chi connectivity index (χ1) is 14.5. The third kappa shape index (κ3) is 3.34. The van der Waals surface area contributed by atoms with Crippen molar-refractivity contribution in [3.8, 4) is 0 Å². The molecule has 3 fully saturated rings. The average molecular weight is 415 g/mol. The zero-order valence-electron chi connectivity index (χ0n) is 16.0. The third-order valence-corrected chi connectivity index (χ3v) is 5.62. The summed E-state index contributed by atoms with van der Waals surface area (Å²) in [6.45, 7) is -0.0256. The van der Waals surface area contributed by atoms with Crippen LogP contribution in [0, 0.1) is 0 Å². The number of pyridine rings is 1. The second-order valence-electron chi connectivity index (χ2n) is 7.60. The molecule has 2 saturated heterocycles. The Morgan fingerprint density at radius 3 is 2.77 bits per heavy atom. The van der Waals surface area contributed by atoms with E-state index in [4.69, 9.17) is 24.7 Å². The van der Waals surface area contributed by atoms with Gasteiger partial charge in [-0.1, -0.05) is 0 Å². The number of aromatic nitrogens is 4. The summed E-state index contributed by atoms with van der Waals surface area (Å²) in [6.07, 6.45) is 5.82. The summed E-state index contributed by atoms with van der Waals surface area (Å²) in [7, 11) is 0. The summed E-state index contributed by atoms with van der Waals surface area (Å²) in [6, 6.07) is 3.29. The highest BCUT2D eigenvalue weighted by molar-refractivity contribution is 5.89. The van der Waals surface area contributed by atoms with Crippen LogP contribution in [0.5, 0.6) is 0 Å². The second kappa shape index (κ2) is 7.42. The topological polar surface area (TPSA) is 141 Å². The van der Waals surface area contributed by atoms with Gasteiger partial charge in [-0.2, -0.15) is 0 Å². The van der Waals surface area contributed by atoms with E-state index < -0.39 is 42.2 Å². The van der Waals surface area contributed by atoms with Gasteiger partial charge in [0.25, 0.3) is 5.91 Å². The van der Waals surface area contributed by atoms with Crippen molar-refractivity contribution in [2.75, 3.05) is 6.61 Å². The van der Waals surface area contributed by atoms with Crippen molar-refractivity contribution in [3.05, 3.63) is 42.2 Å². The molecule has 0 aromatic carbocycles. The average Bonchev–Trinajstić information content (AvgIpc) is 3.52. The van der Waals surface area contributed by atoms with Crippen LogP contribution in [0.15, 0.2) is 30.9 Å². The normalized spacial score (nSPS) is 29.2. The molecule has 5 rings (SSSR count). The van der Waals surface area contributed by atoms with E-state index in [1.165, 1.54) is 17.2 Å². The van der Waals surface area contributed by atoms with Gasteiger partial charge in [0.05, 0.1) is 5.56 Å². The highest BCUT2D eigenvalue weighted by atomic mass is 16.8. The summed E-state index contributed by atoms with van der Waals surface area (Å²) >= 11 is 0. The third-order valence-electron chi connectivity index (χ3n) is 5.62. The number of carbonyl (C=O) groups excluding carboxylic acids is 2. The largest absolute Gasteiger partial charge is 0.459 e. The molecule has 0 unspecified atom stereocenters. The van der Waals surface area contributed by atoms with Crippen molar-refractivity contribution >= 4 is 11.9 Å². The van der Waals surface area contributed by atoms with Crippen LogP contribution in [0.4, 0.5) is 0 Å². The van der Waals surface area contributed by atoms with Crippen molar-refractivity contribution in [2.24, 2.45) is 5.73 Å². The lowest BCUT2D eigenvalue weighted by molar-refractivity contribution is -0.217. The van der Waals surface area contributed by atoms with Gasteiger partial charge in [0, 0.05) is 25.2 Å². The summed E-state index contributed by atoms with van der Waals surface area (Å²) in [4.78, 5) is 31.5. The zero-order chi connectivity index (χ0) is 20.7. The molecule has 1 spiro atoms. The van der Waals surface area contributed by atoms with Gasteiger partial charge in [0.1, 0.15) is 31.2 Å². The Labute approximate surface area is 171 Å². The summed E-state index contributed by atoms with van der Waals surface area (Å²) < 4.78 is 25.5. The van der Waals surface area contributed by atoms with E-state index in [2.05, 4.69) is 15.1 Å². The monoisotopic (exact) mass is 415 g/mol. The highest BCUT2D eigenvalue weighted by Gasteiger charge is 2.59. The second-order valence-corrected chi connectivity index (χ2v) is 7.60. The molecule has 2 aromatic rings. The van der Waals surface area contributed by atoms with E-state index >= 15 is 0 Å². The van der Waals surface area contributed by atoms with Crippen molar-refractivity contribution in [2.45, 2.75) is 56.0 Å². The number of carbonyl (C=O) groups is 2. The van der Waals surface area contributed by atoms with E-state index in [-0.39, 0.29) is 12.4 Å². The van der Waals surface area contributed by atoms with Gasteiger partial charge in [0.15, 0.2) is 12.0 Å². The summed E-state index contributed by atoms with van der Waals surface area (Å²) in [5.74, 6) is -2.01. The number of rotatable bonds is 5. The smallest absolute Gasteiger partial charge is 0.339 e. The fourth-order valence-corrected chi connectivity index (χ4v) is 4.23. The van der Waals surface area contributed by atoms with Crippen LogP contribution in [0.1, 0.15) is 52.9 Å². The standard InChI is InChI=1S/C19H21N5O6/c20-15(25)16-22-10-24(23-16)17-14-13(29-19(30-14)5-1-2-6-19)12(28-17)9-27-18(26)11-4-3-7-21-8-11/h3-4,7-8,10,12-14,17H,1-2,5-6,9H2,(H2,20,25)/t12-,13-,14-,17-/m1/s1. The van der Waals surface area contributed by atoms with E-state index in [0.29, 0.717) is 5.56 Å². The SMILES string of the molecule is NC(=O)c1ncn([C@@H]2O[C@H](COC(=O)c3cccnc3)[C@H]3OC4(CCCC4)O[C@H]32)n1. The fourth-order valence-electron chi connectivity index (χ4n) is 4.23. The first kappa shape index (κ1) is 19.1. The number of ether oxygens (including phenoxy) is 4. The molecule has 4 atom stereocenters. The Morgan fingerprint density at radius 2 is 2.07 bits per heavy atom. The predicted molar refractivity (Wildman–Crippen MR) is 97.9 cm³/mol. The molecular formula is C19H21N5O6. The molecule has 2 aliphatic heterocycles. The maximum Gasteiger partial charge on any atom is 0.339 e. The lowest BCUT2D eigenvalue weighted by Crippen LogP contribution is -2.34. The minimum Gasteiger partial charge on any atom is -0.459 e. The van der Waals surface area contributed by atoms with Crippen molar-refractivity contribution in [1.82, 2.24) is 19.7 Å². The summed E-state index contributed by atoms with van der Waals surface area (Å²) in [5, 5.41) is 4.10. The van der Waals surface area contributed by atoms with Gasteiger partial charge in [0.2, 0.25) is 5.82 Å². The van der Waals surface area contributed by atoms with Crippen LogP contribution >= 0.6 is 0 Å². The molecule has 3 aliphatic rings. The van der Waals surface area contributed by atoms with Gasteiger partial charge in [-0.05, 0) is 25.0 Å². The summed E-state index contributed by atoms with van der Waals surface area (Å²) in [5.41, 5.74) is 5.60. The first-order valence-corrected chi connectivity index (χ1v) is 9.84. The van der Waals surface area contributed by atoms with Gasteiger partial charge >= 0.3 is 5.97 Å². The molecule has 11 heteroatoms. The van der Waals surface area contributed by atoms with Crippen molar-refractivity contribution in [1.29, 1.82) is 0 Å². The number of amides is 1. The van der Waals surface area contributed by atoms with E-state index in [1.807, 2.05) is 0 Å². The number of hydrogen-bond donors (Lipinski definition) is 1. The van der Waals surface area contributed by atoms with Gasteiger partial charge in [-0.25, -0.2) is 14.5 Å². The van der Waals surface area contributed by atoms with Gasteiger partial charge < -0.3 is 24.7 Å². The molecule has 2 aromatic heterocycles. The molecule has 2 N–H and O–H groups in total. The Kier molecular flexibility index (Phi) is 4.72. The molecule has 1 amide bonds. The zero-order valence-corrected chi connectivity index (χ0v) is 16.0. The van der Waals surface area contributed by atoms with E-state index in [9.17, 15) is 9.59 Å². The molecule has 1 saturated carbocycles. The Bertz CT molecular complexity index is 944. The van der Waals surface area contributed by atoms with Gasteiger partial charge in [-0.15, -0.1) is 5.10 Å². The van der Waals surface area contributed by atoms with E-state index in [1.54, 1.807) is 18.3 Å². The Morgan fingerprint density at radius 1 is 1.27 bits per heavy atom. The molecule has 4 heterocycles. The van der Waals surface area contributed by atoms with E-state index in [0.717, 1.165) is 25.7 Å². The maximum atomic E-state index is 12.3. The number of esters is 1. The first-order valence-electron chi connectivity index (χ1n) is 9.84. The van der Waals surface area contributed by atoms with Gasteiger partial charge in [-0.3, -0.25) is 9.78 Å². The Balaban J connectivity index is 1.35. The number of hydrogen-bond acceptors (Lipinski definition) is 9. The van der Waals surface area contributed by atoms with Crippen molar-refractivity contribution < 1.29 is 28.5 Å². The highest BCUT2D eigenvalue weighted by Crippen LogP contribution is 2.49. The minimum absolute atomic E-state index is 0.0256. The number of fused-ring (bicyclic) bond motifs is 1. The van der Waals surface area contributed by atoms with Crippen molar-refractivity contribution in [3.63, 3.8) is 0 Å². The number of primary amides is 1. The quantitative estimate of drug-likeness (QED) is 0.694. The Hall–Kier alpha value is -2.89. The van der Waals surface area contributed by atoms with Crippen LogP contribution in [0.3, 0.4) is 0 Å². The van der Waals surface area contributed by atoms with Crippen LogP contribution < -0.4 is 5.73 Å². The van der Waals surface area contributed by atoms with Crippen LogP contribution in [-0.2, 0) is 18.9 Å².